The molecule has 0 aliphatic rings. The topological polar surface area (TPSA) is 74.8 Å². The largest absolute Gasteiger partial charge is 0.349 e. The van der Waals surface area contributed by atoms with Crippen molar-refractivity contribution in [1.29, 1.82) is 0 Å². The van der Waals surface area contributed by atoms with Gasteiger partial charge in [0.05, 0.1) is 16.9 Å². The van der Waals surface area contributed by atoms with Gasteiger partial charge in [-0.3, -0.25) is 9.59 Å². The summed E-state index contributed by atoms with van der Waals surface area (Å²) in [4.78, 5) is 32.3. The second-order valence-corrected chi connectivity index (χ2v) is 6.31. The lowest BCUT2D eigenvalue weighted by atomic mass is 10.2. The minimum Gasteiger partial charge on any atom is -0.349 e. The minimum absolute atomic E-state index is 0.00823. The van der Waals surface area contributed by atoms with E-state index in [1.165, 1.54) is 0 Å². The van der Waals surface area contributed by atoms with Gasteiger partial charge in [-0.1, -0.05) is 18.2 Å². The summed E-state index contributed by atoms with van der Waals surface area (Å²) in [6.07, 6.45) is 0.695. The van der Waals surface area contributed by atoms with Gasteiger partial charge in [-0.05, 0) is 30.5 Å². The molecular formula is C17H17N3O2S. The molecule has 2 heterocycles. The second kappa shape index (κ2) is 6.75. The van der Waals surface area contributed by atoms with Crippen LogP contribution in [0, 0.1) is 0 Å². The Hall–Kier alpha value is -2.47. The van der Waals surface area contributed by atoms with Gasteiger partial charge in [-0.25, -0.2) is 4.98 Å². The standard InChI is InChI=1S/C17H17N3O2S/c1-11(14-7-4-10-23-14)18-16(21)9-8-15-19-13-6-3-2-5-12(13)17(22)20-15/h2-7,10-11H,8-9H2,1H3,(H,18,21)(H,19,20,22)/t11-/m1/s1. The van der Waals surface area contributed by atoms with E-state index in [0.717, 1.165) is 4.88 Å². The molecule has 0 spiro atoms. The van der Waals surface area contributed by atoms with Crippen LogP contribution in [0.25, 0.3) is 10.9 Å². The van der Waals surface area contributed by atoms with E-state index >= 15 is 0 Å². The van der Waals surface area contributed by atoms with Gasteiger partial charge in [0, 0.05) is 17.7 Å². The molecule has 0 bridgehead atoms. The maximum atomic E-state index is 12.0. The molecule has 1 amide bonds. The molecule has 2 N–H and O–H groups in total. The lowest BCUT2D eigenvalue weighted by molar-refractivity contribution is -0.121. The highest BCUT2D eigenvalue weighted by atomic mass is 32.1. The Balaban J connectivity index is 1.64. The van der Waals surface area contributed by atoms with Crippen molar-refractivity contribution in [3.8, 4) is 0 Å². The summed E-state index contributed by atoms with van der Waals surface area (Å²) in [6, 6.07) is 11.1. The van der Waals surface area contributed by atoms with Gasteiger partial charge in [-0.15, -0.1) is 11.3 Å². The fourth-order valence-electron chi connectivity index (χ4n) is 2.41. The normalized spacial score (nSPS) is 12.2. The first-order valence-electron chi connectivity index (χ1n) is 7.44. The van der Waals surface area contributed by atoms with Crippen molar-refractivity contribution in [2.75, 3.05) is 0 Å². The van der Waals surface area contributed by atoms with Gasteiger partial charge in [0.2, 0.25) is 5.91 Å². The third kappa shape index (κ3) is 3.65. The number of thiophene rings is 1. The maximum Gasteiger partial charge on any atom is 0.258 e. The maximum absolute atomic E-state index is 12.0. The summed E-state index contributed by atoms with van der Waals surface area (Å²) >= 11 is 1.62. The molecule has 1 aromatic carbocycles. The summed E-state index contributed by atoms with van der Waals surface area (Å²) in [7, 11) is 0. The van der Waals surface area contributed by atoms with Gasteiger partial charge in [-0.2, -0.15) is 0 Å². The molecule has 3 aromatic rings. The highest BCUT2D eigenvalue weighted by molar-refractivity contribution is 7.10. The number of aryl methyl sites for hydroxylation is 1. The Morgan fingerprint density at radius 3 is 2.91 bits per heavy atom. The average Bonchev–Trinajstić information content (AvgIpc) is 3.07. The van der Waals surface area contributed by atoms with Crippen molar-refractivity contribution in [1.82, 2.24) is 15.3 Å². The van der Waals surface area contributed by atoms with E-state index in [9.17, 15) is 9.59 Å². The number of aromatic amines is 1. The number of aromatic nitrogens is 2. The van der Waals surface area contributed by atoms with Gasteiger partial charge >= 0.3 is 0 Å². The SMILES string of the molecule is C[C@@H](NC(=O)CCc1nc2ccccc2c(=O)[nH]1)c1cccs1. The summed E-state index contributed by atoms with van der Waals surface area (Å²) in [5.74, 6) is 0.481. The van der Waals surface area contributed by atoms with Crippen LogP contribution in [-0.2, 0) is 11.2 Å². The van der Waals surface area contributed by atoms with Crippen molar-refractivity contribution >= 4 is 28.1 Å². The molecule has 23 heavy (non-hydrogen) atoms. The van der Waals surface area contributed by atoms with E-state index in [2.05, 4.69) is 15.3 Å². The Morgan fingerprint density at radius 2 is 2.13 bits per heavy atom. The number of amides is 1. The van der Waals surface area contributed by atoms with Crippen molar-refractivity contribution in [3.05, 3.63) is 62.8 Å². The lowest BCUT2D eigenvalue weighted by Gasteiger charge is -2.12. The van der Waals surface area contributed by atoms with Crippen LogP contribution in [0.5, 0.6) is 0 Å². The molecule has 6 heteroatoms. The predicted molar refractivity (Wildman–Crippen MR) is 91.6 cm³/mol. The number of nitrogens with zero attached hydrogens (tertiary/aromatic N) is 1. The average molecular weight is 327 g/mol. The Morgan fingerprint density at radius 1 is 1.30 bits per heavy atom. The number of nitrogens with one attached hydrogen (secondary N) is 2. The number of hydrogen-bond acceptors (Lipinski definition) is 4. The van der Waals surface area contributed by atoms with Crippen LogP contribution in [0.1, 0.15) is 30.1 Å². The number of H-pyrrole nitrogens is 1. The highest BCUT2D eigenvalue weighted by Gasteiger charge is 2.11. The number of fused-ring (bicyclic) bond motifs is 1. The Kier molecular flexibility index (Phi) is 4.52. The molecule has 0 radical (unpaired) electrons. The van der Waals surface area contributed by atoms with Crippen LogP contribution in [-0.4, -0.2) is 15.9 Å². The molecule has 0 saturated heterocycles. The fourth-order valence-corrected chi connectivity index (χ4v) is 3.14. The van der Waals surface area contributed by atoms with Crippen LogP contribution in [0.15, 0.2) is 46.6 Å². The Labute approximate surface area is 137 Å². The van der Waals surface area contributed by atoms with E-state index in [1.807, 2.05) is 30.5 Å². The first kappa shape index (κ1) is 15.4. The smallest absolute Gasteiger partial charge is 0.258 e. The number of carbonyl (C=O) groups excluding carboxylic acids is 1. The predicted octanol–water partition coefficient (Wildman–Crippen LogP) is 2.79. The third-order valence-electron chi connectivity index (χ3n) is 3.60. The molecule has 3 rings (SSSR count). The van der Waals surface area contributed by atoms with Gasteiger partial charge in [0.1, 0.15) is 5.82 Å². The van der Waals surface area contributed by atoms with Crippen LogP contribution >= 0.6 is 11.3 Å². The quantitative estimate of drug-likeness (QED) is 0.756. The molecule has 1 atom stereocenters. The number of rotatable bonds is 5. The molecule has 118 valence electrons. The summed E-state index contributed by atoms with van der Waals surface area (Å²) in [6.45, 7) is 1.96. The molecule has 0 fully saturated rings. The zero-order valence-electron chi connectivity index (χ0n) is 12.7. The lowest BCUT2D eigenvalue weighted by Crippen LogP contribution is -2.26. The second-order valence-electron chi connectivity index (χ2n) is 5.33. The molecule has 5 nitrogen and oxygen atoms in total. The van der Waals surface area contributed by atoms with E-state index in [0.29, 0.717) is 23.1 Å². The monoisotopic (exact) mass is 327 g/mol. The first-order chi connectivity index (χ1) is 11.1. The zero-order valence-corrected chi connectivity index (χ0v) is 13.5. The molecular weight excluding hydrogens is 310 g/mol. The van der Waals surface area contributed by atoms with Crippen molar-refractivity contribution in [2.45, 2.75) is 25.8 Å². The van der Waals surface area contributed by atoms with Crippen molar-refractivity contribution in [2.24, 2.45) is 0 Å². The number of para-hydroxylation sites is 1. The van der Waals surface area contributed by atoms with Crippen LogP contribution in [0.2, 0.25) is 0 Å². The zero-order chi connectivity index (χ0) is 16.2. The number of hydrogen-bond donors (Lipinski definition) is 2. The summed E-state index contributed by atoms with van der Waals surface area (Å²) in [5.41, 5.74) is 0.483. The van der Waals surface area contributed by atoms with Crippen LogP contribution in [0.4, 0.5) is 0 Å². The van der Waals surface area contributed by atoms with E-state index in [1.54, 1.807) is 29.5 Å². The third-order valence-corrected chi connectivity index (χ3v) is 4.65. The van der Waals surface area contributed by atoms with Crippen molar-refractivity contribution in [3.63, 3.8) is 0 Å². The first-order valence-corrected chi connectivity index (χ1v) is 8.32. The van der Waals surface area contributed by atoms with Gasteiger partial charge in [0.15, 0.2) is 0 Å². The van der Waals surface area contributed by atoms with Gasteiger partial charge < -0.3 is 10.3 Å². The molecule has 0 aliphatic carbocycles. The summed E-state index contributed by atoms with van der Waals surface area (Å²) < 4.78 is 0. The summed E-state index contributed by atoms with van der Waals surface area (Å²) in [5, 5.41) is 5.51. The number of carbonyl (C=O) groups is 1. The van der Waals surface area contributed by atoms with E-state index in [4.69, 9.17) is 0 Å². The highest BCUT2D eigenvalue weighted by Crippen LogP contribution is 2.18. The Bertz CT molecular complexity index is 871. The molecule has 2 aromatic heterocycles. The van der Waals surface area contributed by atoms with Crippen LogP contribution < -0.4 is 10.9 Å². The molecule has 0 unspecified atom stereocenters. The number of benzene rings is 1. The molecule has 0 aliphatic heterocycles. The van der Waals surface area contributed by atoms with Gasteiger partial charge in [0.25, 0.3) is 5.56 Å². The van der Waals surface area contributed by atoms with Crippen molar-refractivity contribution < 1.29 is 4.79 Å². The fraction of sp³-hybridized carbons (Fsp3) is 0.235. The molecule has 0 saturated carbocycles. The van der Waals surface area contributed by atoms with E-state index in [-0.39, 0.29) is 23.9 Å². The van der Waals surface area contributed by atoms with Crippen LogP contribution in [0.3, 0.4) is 0 Å². The minimum atomic E-state index is -0.169. The van der Waals surface area contributed by atoms with E-state index < -0.39 is 0 Å².